The summed E-state index contributed by atoms with van der Waals surface area (Å²) in [4.78, 5) is 0. The van der Waals surface area contributed by atoms with Crippen molar-refractivity contribution in [2.24, 2.45) is 0 Å². The van der Waals surface area contributed by atoms with Gasteiger partial charge >= 0.3 is 0 Å². The van der Waals surface area contributed by atoms with Gasteiger partial charge in [-0.15, -0.1) is 6.58 Å². The van der Waals surface area contributed by atoms with Crippen molar-refractivity contribution in [3.05, 3.63) is 12.7 Å². The predicted molar refractivity (Wildman–Crippen MR) is 123 cm³/mol. The maximum absolute atomic E-state index is 10.2. The third-order valence-corrected chi connectivity index (χ3v) is 11.2. The fourth-order valence-electron chi connectivity index (χ4n) is 3.72. The molecule has 28 heavy (non-hydrogen) atoms. The van der Waals surface area contributed by atoms with Crippen LogP contribution in [-0.4, -0.2) is 37.8 Å². The highest BCUT2D eigenvalue weighted by molar-refractivity contribution is 6.74. The van der Waals surface area contributed by atoms with E-state index in [4.69, 9.17) is 9.16 Å². The molecule has 0 saturated carbocycles. The minimum absolute atomic E-state index is 0.0996. The molecule has 1 rings (SSSR count). The van der Waals surface area contributed by atoms with Crippen LogP contribution < -0.4 is 0 Å². The molecular weight excluding hydrogens is 364 g/mol. The van der Waals surface area contributed by atoms with Crippen molar-refractivity contribution in [3.8, 4) is 0 Å². The first-order valence-corrected chi connectivity index (χ1v) is 14.7. The molecule has 0 aromatic heterocycles. The number of rotatable bonds is 13. The average molecular weight is 413 g/mol. The van der Waals surface area contributed by atoms with Crippen molar-refractivity contribution < 1.29 is 14.3 Å². The number of aliphatic hydroxyl groups excluding tert-OH is 1. The summed E-state index contributed by atoms with van der Waals surface area (Å²) in [7, 11) is -1.83. The predicted octanol–water partition coefficient (Wildman–Crippen LogP) is 7.00. The standard InChI is InChI=1S/C24H48O3Si/c1-8-10-11-12-13-14-15-16-17-22-23(27-28(6,7)24(3,4)5)19-18-21(26-22)20(25)9-2/h9,20-23,25H,2,8,10-19H2,1,3-7H3/t20-,21-,22-,23+/m0/s1. The Labute approximate surface area is 176 Å². The lowest BCUT2D eigenvalue weighted by Crippen LogP contribution is -2.51. The van der Waals surface area contributed by atoms with E-state index < -0.39 is 14.4 Å². The number of unbranched alkanes of at least 4 members (excludes halogenated alkanes) is 7. The fraction of sp³-hybridized carbons (Fsp3) is 0.917. The van der Waals surface area contributed by atoms with E-state index >= 15 is 0 Å². The van der Waals surface area contributed by atoms with Crippen molar-refractivity contribution in [2.45, 2.75) is 141 Å². The van der Waals surface area contributed by atoms with Crippen LogP contribution in [0.15, 0.2) is 12.7 Å². The van der Waals surface area contributed by atoms with Crippen LogP contribution >= 0.6 is 0 Å². The second kappa shape index (κ2) is 12.5. The summed E-state index contributed by atoms with van der Waals surface area (Å²) < 4.78 is 13.1. The monoisotopic (exact) mass is 412 g/mol. The van der Waals surface area contributed by atoms with Crippen LogP contribution in [0.4, 0.5) is 0 Å². The topological polar surface area (TPSA) is 38.7 Å². The molecule has 1 fully saturated rings. The zero-order valence-electron chi connectivity index (χ0n) is 19.6. The number of ether oxygens (including phenoxy) is 1. The maximum atomic E-state index is 10.2. The normalized spacial score (nSPS) is 24.9. The maximum Gasteiger partial charge on any atom is 0.192 e. The molecular formula is C24H48O3Si. The van der Waals surface area contributed by atoms with E-state index in [1.54, 1.807) is 6.08 Å². The molecule has 0 radical (unpaired) electrons. The van der Waals surface area contributed by atoms with E-state index in [1.165, 1.54) is 51.4 Å². The molecule has 1 N–H and O–H groups in total. The molecule has 1 aliphatic heterocycles. The van der Waals surface area contributed by atoms with Crippen LogP contribution in [-0.2, 0) is 9.16 Å². The van der Waals surface area contributed by atoms with Crippen LogP contribution in [0.5, 0.6) is 0 Å². The lowest BCUT2D eigenvalue weighted by atomic mass is 9.94. The molecule has 4 atom stereocenters. The van der Waals surface area contributed by atoms with Gasteiger partial charge in [-0.05, 0) is 37.4 Å². The molecule has 0 aromatic rings. The zero-order valence-corrected chi connectivity index (χ0v) is 20.6. The van der Waals surface area contributed by atoms with Gasteiger partial charge in [0.2, 0.25) is 0 Å². The fourth-order valence-corrected chi connectivity index (χ4v) is 5.10. The molecule has 3 nitrogen and oxygen atoms in total. The molecule has 1 aliphatic rings. The van der Waals surface area contributed by atoms with Crippen molar-refractivity contribution in [1.82, 2.24) is 0 Å². The summed E-state index contributed by atoms with van der Waals surface area (Å²) in [5.41, 5.74) is 0. The van der Waals surface area contributed by atoms with Gasteiger partial charge in [0, 0.05) is 0 Å². The van der Waals surface area contributed by atoms with E-state index in [0.29, 0.717) is 0 Å². The van der Waals surface area contributed by atoms with Gasteiger partial charge in [0.15, 0.2) is 8.32 Å². The van der Waals surface area contributed by atoms with Gasteiger partial charge in [0.05, 0.1) is 24.4 Å². The van der Waals surface area contributed by atoms with E-state index in [0.717, 1.165) is 19.3 Å². The quantitative estimate of drug-likeness (QED) is 0.201. The molecule has 4 heteroatoms. The third kappa shape index (κ3) is 8.69. The summed E-state index contributed by atoms with van der Waals surface area (Å²) >= 11 is 0. The van der Waals surface area contributed by atoms with E-state index in [2.05, 4.69) is 47.4 Å². The Morgan fingerprint density at radius 2 is 1.64 bits per heavy atom. The van der Waals surface area contributed by atoms with Crippen LogP contribution in [0.2, 0.25) is 18.1 Å². The van der Waals surface area contributed by atoms with Crippen LogP contribution in [0.25, 0.3) is 0 Å². The smallest absolute Gasteiger partial charge is 0.192 e. The Morgan fingerprint density at radius 3 is 2.18 bits per heavy atom. The SMILES string of the molecule is C=C[C@H](O)[C@@H]1CC[C@@H](O[Si](C)(C)C(C)(C)C)[C@H](CCCCCCCCCC)O1. The summed E-state index contributed by atoms with van der Waals surface area (Å²) in [5, 5.41) is 10.4. The average Bonchev–Trinajstić information content (AvgIpc) is 2.63. The minimum Gasteiger partial charge on any atom is -0.411 e. The highest BCUT2D eigenvalue weighted by Gasteiger charge is 2.43. The Bertz CT molecular complexity index is 430. The summed E-state index contributed by atoms with van der Waals surface area (Å²) in [6.07, 6.45) is 14.6. The second-order valence-corrected chi connectivity index (χ2v) is 15.0. The van der Waals surface area contributed by atoms with Crippen molar-refractivity contribution >= 4 is 8.32 Å². The first kappa shape index (κ1) is 25.9. The van der Waals surface area contributed by atoms with E-state index in [-0.39, 0.29) is 23.4 Å². The molecule has 0 spiro atoms. The first-order chi connectivity index (χ1) is 13.1. The molecule has 0 unspecified atom stereocenters. The van der Waals surface area contributed by atoms with Gasteiger partial charge in [0.1, 0.15) is 0 Å². The number of hydrogen-bond donors (Lipinski definition) is 1. The number of aliphatic hydroxyl groups is 1. The Morgan fingerprint density at radius 1 is 1.07 bits per heavy atom. The van der Waals surface area contributed by atoms with Crippen molar-refractivity contribution in [1.29, 1.82) is 0 Å². The molecule has 0 amide bonds. The Kier molecular flexibility index (Phi) is 11.6. The van der Waals surface area contributed by atoms with Gasteiger partial charge < -0.3 is 14.3 Å². The lowest BCUT2D eigenvalue weighted by molar-refractivity contribution is -0.141. The second-order valence-electron chi connectivity index (χ2n) is 10.2. The Balaban J connectivity index is 2.55. The summed E-state index contributed by atoms with van der Waals surface area (Å²) in [5.74, 6) is 0. The first-order valence-electron chi connectivity index (χ1n) is 11.8. The van der Waals surface area contributed by atoms with Gasteiger partial charge in [-0.1, -0.05) is 85.1 Å². The highest BCUT2D eigenvalue weighted by Crippen LogP contribution is 2.40. The van der Waals surface area contributed by atoms with Crippen molar-refractivity contribution in [3.63, 3.8) is 0 Å². The van der Waals surface area contributed by atoms with Crippen LogP contribution in [0.3, 0.4) is 0 Å². The van der Waals surface area contributed by atoms with Crippen LogP contribution in [0, 0.1) is 0 Å². The molecule has 0 aliphatic carbocycles. The molecule has 166 valence electrons. The third-order valence-electron chi connectivity index (χ3n) is 6.72. The molecule has 0 aromatic carbocycles. The zero-order chi connectivity index (χ0) is 21.2. The molecule has 0 bridgehead atoms. The van der Waals surface area contributed by atoms with Gasteiger partial charge in [-0.3, -0.25) is 0 Å². The van der Waals surface area contributed by atoms with Gasteiger partial charge in [0.25, 0.3) is 0 Å². The van der Waals surface area contributed by atoms with Gasteiger partial charge in [-0.25, -0.2) is 0 Å². The van der Waals surface area contributed by atoms with Crippen LogP contribution in [0.1, 0.15) is 98.3 Å². The lowest BCUT2D eigenvalue weighted by Gasteiger charge is -2.45. The van der Waals surface area contributed by atoms with E-state index in [1.807, 2.05) is 0 Å². The van der Waals surface area contributed by atoms with Crippen molar-refractivity contribution in [2.75, 3.05) is 0 Å². The molecule has 1 heterocycles. The molecule has 1 saturated heterocycles. The minimum atomic E-state index is -1.83. The number of hydrogen-bond acceptors (Lipinski definition) is 3. The highest BCUT2D eigenvalue weighted by atomic mass is 28.4. The van der Waals surface area contributed by atoms with Gasteiger partial charge in [-0.2, -0.15) is 0 Å². The van der Waals surface area contributed by atoms with E-state index in [9.17, 15) is 5.11 Å². The Hall–Kier alpha value is -0.163. The summed E-state index contributed by atoms with van der Waals surface area (Å²) in [6, 6.07) is 0. The summed E-state index contributed by atoms with van der Waals surface area (Å²) in [6.45, 7) is 17.5. The largest absolute Gasteiger partial charge is 0.411 e.